The SMILES string of the molecule is FC(F)(F)c1cccc(Cc2cc3cccc(Br)c3s2)c1.NC(=O)c1ccccc1-c1cccc2cc(Cc3cccc(C(F)(F)F)c3)sc12. The predicted octanol–water partition coefficient (Wildman–Crippen LogP) is 12.6. The van der Waals surface area contributed by atoms with Crippen LogP contribution in [0.15, 0.2) is 126 Å². The minimum absolute atomic E-state index is 0.403. The first-order chi connectivity index (χ1) is 23.8. The molecule has 7 aromatic rings. The summed E-state index contributed by atoms with van der Waals surface area (Å²) in [4.78, 5) is 13.8. The van der Waals surface area contributed by atoms with Crippen LogP contribution in [0.5, 0.6) is 0 Å². The van der Waals surface area contributed by atoms with E-state index in [0.29, 0.717) is 29.5 Å². The van der Waals surface area contributed by atoms with Gasteiger partial charge in [0.15, 0.2) is 0 Å². The van der Waals surface area contributed by atoms with Crippen LogP contribution in [-0.4, -0.2) is 5.91 Å². The number of thiophene rings is 2. The van der Waals surface area contributed by atoms with Crippen molar-refractivity contribution in [3.63, 3.8) is 0 Å². The molecule has 0 spiro atoms. The van der Waals surface area contributed by atoms with Gasteiger partial charge in [-0.3, -0.25) is 4.79 Å². The van der Waals surface area contributed by atoms with Crippen LogP contribution in [0.1, 0.15) is 42.4 Å². The Bertz CT molecular complexity index is 2320. The van der Waals surface area contributed by atoms with Gasteiger partial charge in [-0.1, -0.05) is 84.9 Å². The second kappa shape index (κ2) is 14.4. The first-order valence-corrected chi connectivity index (χ1v) is 17.6. The number of alkyl halides is 6. The molecule has 1 amide bonds. The molecule has 7 rings (SSSR count). The van der Waals surface area contributed by atoms with E-state index in [9.17, 15) is 31.1 Å². The van der Waals surface area contributed by atoms with Gasteiger partial charge >= 0.3 is 12.4 Å². The van der Waals surface area contributed by atoms with Crippen molar-refractivity contribution in [1.82, 2.24) is 0 Å². The molecular weight excluding hydrogens is 756 g/mol. The van der Waals surface area contributed by atoms with E-state index in [-0.39, 0.29) is 0 Å². The quantitative estimate of drug-likeness (QED) is 0.168. The van der Waals surface area contributed by atoms with Crippen molar-refractivity contribution >= 4 is 64.7 Å². The Hall–Kier alpha value is -4.45. The molecule has 11 heteroatoms. The summed E-state index contributed by atoms with van der Waals surface area (Å²) in [5, 5.41) is 2.09. The van der Waals surface area contributed by atoms with Crippen molar-refractivity contribution < 1.29 is 31.1 Å². The van der Waals surface area contributed by atoms with Crippen molar-refractivity contribution in [3.8, 4) is 11.1 Å². The maximum atomic E-state index is 13.0. The highest BCUT2D eigenvalue weighted by Gasteiger charge is 2.31. The van der Waals surface area contributed by atoms with E-state index in [1.54, 1.807) is 35.6 Å². The number of hydrogen-bond acceptors (Lipinski definition) is 3. The van der Waals surface area contributed by atoms with Gasteiger partial charge in [0.1, 0.15) is 0 Å². The molecule has 0 radical (unpaired) electrons. The van der Waals surface area contributed by atoms with E-state index in [1.165, 1.54) is 35.6 Å². The van der Waals surface area contributed by atoms with E-state index >= 15 is 0 Å². The summed E-state index contributed by atoms with van der Waals surface area (Å²) in [6.07, 6.45) is -7.74. The summed E-state index contributed by atoms with van der Waals surface area (Å²) in [6, 6.07) is 33.8. The number of rotatable bonds is 6. The zero-order valence-electron chi connectivity index (χ0n) is 25.9. The third kappa shape index (κ3) is 8.12. The summed E-state index contributed by atoms with van der Waals surface area (Å²) in [6.45, 7) is 0. The molecule has 2 N–H and O–H groups in total. The number of carbonyl (C=O) groups is 1. The van der Waals surface area contributed by atoms with Crippen LogP contribution in [0.4, 0.5) is 26.3 Å². The highest BCUT2D eigenvalue weighted by Crippen LogP contribution is 2.38. The third-order valence-electron chi connectivity index (χ3n) is 7.89. The van der Waals surface area contributed by atoms with Gasteiger partial charge in [0.2, 0.25) is 5.91 Å². The van der Waals surface area contributed by atoms with E-state index in [1.807, 2.05) is 60.7 Å². The minimum Gasteiger partial charge on any atom is -0.366 e. The monoisotopic (exact) mass is 781 g/mol. The van der Waals surface area contributed by atoms with Gasteiger partial charge < -0.3 is 5.73 Å². The molecule has 50 heavy (non-hydrogen) atoms. The maximum Gasteiger partial charge on any atom is 0.416 e. The lowest BCUT2D eigenvalue weighted by Gasteiger charge is -2.08. The van der Waals surface area contributed by atoms with Crippen LogP contribution in [-0.2, 0) is 25.2 Å². The minimum atomic E-state index is -4.36. The molecule has 254 valence electrons. The van der Waals surface area contributed by atoms with Crippen LogP contribution < -0.4 is 5.73 Å². The van der Waals surface area contributed by atoms with Crippen molar-refractivity contribution in [2.75, 3.05) is 0 Å². The van der Waals surface area contributed by atoms with Gasteiger partial charge in [-0.25, -0.2) is 0 Å². The first kappa shape index (κ1) is 35.4. The summed E-state index contributed by atoms with van der Waals surface area (Å²) in [5.74, 6) is -0.502. The van der Waals surface area contributed by atoms with Gasteiger partial charge in [-0.15, -0.1) is 22.7 Å². The van der Waals surface area contributed by atoms with Crippen molar-refractivity contribution in [2.24, 2.45) is 5.73 Å². The Morgan fingerprint density at radius 1 is 0.580 bits per heavy atom. The molecule has 2 aromatic heterocycles. The van der Waals surface area contributed by atoms with E-state index in [4.69, 9.17) is 5.73 Å². The number of fused-ring (bicyclic) bond motifs is 2. The lowest BCUT2D eigenvalue weighted by Crippen LogP contribution is -2.12. The Morgan fingerprint density at radius 2 is 1.06 bits per heavy atom. The highest BCUT2D eigenvalue weighted by molar-refractivity contribution is 9.10. The number of carbonyl (C=O) groups excluding carboxylic acids is 1. The second-order valence-electron chi connectivity index (χ2n) is 11.5. The van der Waals surface area contributed by atoms with E-state index < -0.39 is 29.4 Å². The van der Waals surface area contributed by atoms with Crippen LogP contribution in [0.3, 0.4) is 0 Å². The topological polar surface area (TPSA) is 43.1 Å². The number of amides is 1. The lowest BCUT2D eigenvalue weighted by molar-refractivity contribution is -0.138. The molecular formula is C39H26BrF6NOS2. The van der Waals surface area contributed by atoms with Gasteiger partial charge in [0, 0.05) is 47.6 Å². The molecule has 0 saturated heterocycles. The van der Waals surface area contributed by atoms with Crippen molar-refractivity contribution in [3.05, 3.63) is 163 Å². The molecule has 2 heterocycles. The summed E-state index contributed by atoms with van der Waals surface area (Å²) in [5.41, 5.74) is 7.63. The van der Waals surface area contributed by atoms with Crippen LogP contribution >= 0.6 is 38.6 Å². The van der Waals surface area contributed by atoms with Crippen LogP contribution in [0.25, 0.3) is 31.3 Å². The number of primary amides is 1. The van der Waals surface area contributed by atoms with Crippen LogP contribution in [0, 0.1) is 0 Å². The smallest absolute Gasteiger partial charge is 0.366 e. The third-order valence-corrected chi connectivity index (χ3v) is 11.2. The Kier molecular flexibility index (Phi) is 10.2. The Balaban J connectivity index is 0.000000182. The molecule has 0 bridgehead atoms. The second-order valence-corrected chi connectivity index (χ2v) is 14.6. The van der Waals surface area contributed by atoms with Gasteiger partial charge in [0.25, 0.3) is 0 Å². The summed E-state index contributed by atoms with van der Waals surface area (Å²) >= 11 is 6.61. The van der Waals surface area contributed by atoms with Crippen LogP contribution in [0.2, 0.25) is 0 Å². The zero-order valence-corrected chi connectivity index (χ0v) is 29.1. The Morgan fingerprint density at radius 3 is 1.60 bits per heavy atom. The molecule has 0 aliphatic heterocycles. The standard InChI is InChI=1S/C23H16F3NOS.C16H10BrF3S/c24-23(25,26)16-7-3-5-14(11-16)12-17-13-15-6-4-10-19(21(15)29-17)18-8-1-2-9-20(18)22(27)28;17-14-6-2-4-11-9-13(21-15(11)14)8-10-3-1-5-12(7-10)16(18,19)20/h1-11,13H,12H2,(H2,27,28);1-7,9H,8H2. The maximum absolute atomic E-state index is 13.0. The molecule has 5 aromatic carbocycles. The van der Waals surface area contributed by atoms with E-state index in [0.717, 1.165) is 57.7 Å². The van der Waals surface area contributed by atoms with E-state index in [2.05, 4.69) is 15.9 Å². The average molecular weight is 783 g/mol. The molecule has 0 aliphatic rings. The van der Waals surface area contributed by atoms with Crippen molar-refractivity contribution in [1.29, 1.82) is 0 Å². The first-order valence-electron chi connectivity index (χ1n) is 15.2. The Labute approximate surface area is 299 Å². The fourth-order valence-corrected chi connectivity index (χ4v) is 8.58. The highest BCUT2D eigenvalue weighted by atomic mass is 79.9. The van der Waals surface area contributed by atoms with Gasteiger partial charge in [-0.2, -0.15) is 26.3 Å². The number of halogens is 7. The fourth-order valence-electron chi connectivity index (χ4n) is 5.63. The average Bonchev–Trinajstić information content (AvgIpc) is 3.68. The molecule has 0 unspecified atom stereocenters. The molecule has 2 nitrogen and oxygen atoms in total. The molecule has 0 fully saturated rings. The summed E-state index contributed by atoms with van der Waals surface area (Å²) < 4.78 is 80.2. The number of nitrogens with two attached hydrogens (primary N) is 1. The fraction of sp³-hybridized carbons (Fsp3) is 0.103. The van der Waals surface area contributed by atoms with Crippen molar-refractivity contribution in [2.45, 2.75) is 25.2 Å². The summed E-state index contributed by atoms with van der Waals surface area (Å²) in [7, 11) is 0. The number of benzene rings is 5. The van der Waals surface area contributed by atoms with Gasteiger partial charge in [0.05, 0.1) is 11.1 Å². The zero-order chi connectivity index (χ0) is 35.6. The largest absolute Gasteiger partial charge is 0.416 e. The normalized spacial score (nSPS) is 11.8. The molecule has 0 saturated carbocycles. The predicted molar refractivity (Wildman–Crippen MR) is 194 cm³/mol. The number of hydrogen-bond donors (Lipinski definition) is 1. The molecule has 0 aliphatic carbocycles. The lowest BCUT2D eigenvalue weighted by atomic mass is 9.98. The van der Waals surface area contributed by atoms with Gasteiger partial charge in [-0.05, 0) is 79.8 Å². The molecule has 0 atom stereocenters.